The molecule has 0 aliphatic carbocycles. The number of ether oxygens (including phenoxy) is 1. The number of nitrogen functional groups attached to an aromatic ring is 1. The summed E-state index contributed by atoms with van der Waals surface area (Å²) in [4.78, 5) is 3.96. The molecule has 5 heteroatoms. The molecule has 72 valence electrons. The van der Waals surface area contributed by atoms with Gasteiger partial charge in [0.2, 0.25) is 0 Å². The summed E-state index contributed by atoms with van der Waals surface area (Å²) >= 11 is 7.00. The van der Waals surface area contributed by atoms with E-state index in [2.05, 4.69) is 4.98 Å². The summed E-state index contributed by atoms with van der Waals surface area (Å²) < 4.78 is 5.42. The van der Waals surface area contributed by atoms with E-state index in [0.717, 1.165) is 0 Å². The number of rotatable bonds is 2. The molecule has 1 heterocycles. The smallest absolute Gasteiger partial charge is 0.280 e. The standard InChI is InChI=1S/C9H7ClN2OS/c10-8-5-14-9(12-8)13-7-3-1-6(11)2-4-7/h1-5H,11H2. The van der Waals surface area contributed by atoms with E-state index in [1.54, 1.807) is 29.6 Å². The van der Waals surface area contributed by atoms with Gasteiger partial charge in [0.05, 0.1) is 0 Å². The molecular formula is C9H7ClN2OS. The van der Waals surface area contributed by atoms with Crippen molar-refractivity contribution in [2.45, 2.75) is 0 Å². The maximum absolute atomic E-state index is 5.65. The summed E-state index contributed by atoms with van der Waals surface area (Å²) in [7, 11) is 0. The Morgan fingerprint density at radius 1 is 1.29 bits per heavy atom. The molecule has 2 rings (SSSR count). The van der Waals surface area contributed by atoms with E-state index in [1.807, 2.05) is 0 Å². The Labute approximate surface area is 90.1 Å². The molecule has 0 bridgehead atoms. The third-order valence-electron chi connectivity index (χ3n) is 1.54. The van der Waals surface area contributed by atoms with Crippen LogP contribution in [0.2, 0.25) is 5.15 Å². The summed E-state index contributed by atoms with van der Waals surface area (Å²) in [6, 6.07) is 7.10. The number of halogens is 1. The number of nitrogens with two attached hydrogens (primary N) is 1. The third kappa shape index (κ3) is 2.16. The first-order chi connectivity index (χ1) is 6.74. The number of thiazole rings is 1. The van der Waals surface area contributed by atoms with Gasteiger partial charge in [0.25, 0.3) is 5.19 Å². The Morgan fingerprint density at radius 2 is 2.00 bits per heavy atom. The molecule has 1 aromatic carbocycles. The quantitative estimate of drug-likeness (QED) is 0.801. The molecule has 0 spiro atoms. The fraction of sp³-hybridized carbons (Fsp3) is 0. The highest BCUT2D eigenvalue weighted by atomic mass is 35.5. The first-order valence-corrected chi connectivity index (χ1v) is 5.14. The van der Waals surface area contributed by atoms with Crippen LogP contribution in [-0.4, -0.2) is 4.98 Å². The fourth-order valence-electron chi connectivity index (χ4n) is 0.923. The van der Waals surface area contributed by atoms with E-state index in [1.165, 1.54) is 11.3 Å². The zero-order valence-electron chi connectivity index (χ0n) is 7.11. The topological polar surface area (TPSA) is 48.1 Å². The van der Waals surface area contributed by atoms with Crippen molar-refractivity contribution in [3.05, 3.63) is 34.8 Å². The average Bonchev–Trinajstić information content (AvgIpc) is 2.56. The lowest BCUT2D eigenvalue weighted by Gasteiger charge is -2.00. The van der Waals surface area contributed by atoms with Crippen molar-refractivity contribution in [2.24, 2.45) is 0 Å². The van der Waals surface area contributed by atoms with Gasteiger partial charge >= 0.3 is 0 Å². The van der Waals surface area contributed by atoms with Crippen LogP contribution < -0.4 is 10.5 Å². The number of anilines is 1. The molecule has 14 heavy (non-hydrogen) atoms. The van der Waals surface area contributed by atoms with E-state index < -0.39 is 0 Å². The predicted octanol–water partition coefficient (Wildman–Crippen LogP) is 3.17. The van der Waals surface area contributed by atoms with E-state index in [4.69, 9.17) is 22.1 Å². The minimum atomic E-state index is 0.445. The van der Waals surface area contributed by atoms with Crippen LogP contribution in [0.15, 0.2) is 29.6 Å². The first kappa shape index (κ1) is 9.30. The second-order valence-corrected chi connectivity index (χ2v) is 3.82. The van der Waals surface area contributed by atoms with E-state index in [-0.39, 0.29) is 0 Å². The Morgan fingerprint density at radius 3 is 2.57 bits per heavy atom. The minimum Gasteiger partial charge on any atom is -0.431 e. The molecule has 0 saturated carbocycles. The minimum absolute atomic E-state index is 0.445. The van der Waals surface area contributed by atoms with Crippen molar-refractivity contribution in [3.8, 4) is 10.9 Å². The first-order valence-electron chi connectivity index (χ1n) is 3.88. The van der Waals surface area contributed by atoms with Gasteiger partial charge in [-0.05, 0) is 24.3 Å². The van der Waals surface area contributed by atoms with Crippen LogP contribution >= 0.6 is 22.9 Å². The van der Waals surface area contributed by atoms with Crippen molar-refractivity contribution >= 4 is 28.6 Å². The molecule has 0 aliphatic rings. The second-order valence-electron chi connectivity index (χ2n) is 2.61. The van der Waals surface area contributed by atoms with Gasteiger partial charge in [-0.3, -0.25) is 0 Å². The highest BCUT2D eigenvalue weighted by molar-refractivity contribution is 7.11. The van der Waals surface area contributed by atoms with Crippen LogP contribution in [0.3, 0.4) is 0 Å². The Hall–Kier alpha value is -1.26. The van der Waals surface area contributed by atoms with Gasteiger partial charge in [-0.15, -0.1) is 0 Å². The van der Waals surface area contributed by atoms with Crippen LogP contribution in [-0.2, 0) is 0 Å². The highest BCUT2D eigenvalue weighted by Crippen LogP contribution is 2.27. The lowest BCUT2D eigenvalue weighted by atomic mass is 10.3. The predicted molar refractivity (Wildman–Crippen MR) is 58.1 cm³/mol. The molecule has 0 amide bonds. The third-order valence-corrected chi connectivity index (χ3v) is 2.58. The van der Waals surface area contributed by atoms with Gasteiger partial charge in [0.1, 0.15) is 10.9 Å². The van der Waals surface area contributed by atoms with Crippen molar-refractivity contribution in [2.75, 3.05) is 5.73 Å². The molecule has 2 aromatic rings. The van der Waals surface area contributed by atoms with Crippen LogP contribution in [0.25, 0.3) is 0 Å². The van der Waals surface area contributed by atoms with Gasteiger partial charge in [-0.25, -0.2) is 0 Å². The number of hydrogen-bond acceptors (Lipinski definition) is 4. The average molecular weight is 227 g/mol. The maximum atomic E-state index is 5.65. The Balaban J connectivity index is 2.15. The van der Waals surface area contributed by atoms with Gasteiger partial charge < -0.3 is 10.5 Å². The maximum Gasteiger partial charge on any atom is 0.280 e. The second kappa shape index (κ2) is 3.86. The number of hydrogen-bond donors (Lipinski definition) is 1. The number of aromatic nitrogens is 1. The van der Waals surface area contributed by atoms with Gasteiger partial charge in [0, 0.05) is 11.1 Å². The Kier molecular flexibility index (Phi) is 2.56. The summed E-state index contributed by atoms with van der Waals surface area (Å²) in [5.41, 5.74) is 6.24. The van der Waals surface area contributed by atoms with Crippen molar-refractivity contribution in [3.63, 3.8) is 0 Å². The molecule has 0 fully saturated rings. The molecule has 0 aliphatic heterocycles. The van der Waals surface area contributed by atoms with Gasteiger partial charge in [-0.1, -0.05) is 22.9 Å². The zero-order chi connectivity index (χ0) is 9.97. The van der Waals surface area contributed by atoms with Gasteiger partial charge in [0.15, 0.2) is 0 Å². The number of benzene rings is 1. The SMILES string of the molecule is Nc1ccc(Oc2nc(Cl)cs2)cc1. The molecule has 0 atom stereocenters. The molecule has 0 unspecified atom stereocenters. The molecule has 1 aromatic heterocycles. The summed E-state index contributed by atoms with van der Waals surface area (Å²) in [5, 5.41) is 2.69. The van der Waals surface area contributed by atoms with Gasteiger partial charge in [-0.2, -0.15) is 4.98 Å². The van der Waals surface area contributed by atoms with Crippen molar-refractivity contribution < 1.29 is 4.74 Å². The largest absolute Gasteiger partial charge is 0.431 e. The molecule has 2 N–H and O–H groups in total. The van der Waals surface area contributed by atoms with Crippen LogP contribution in [0.1, 0.15) is 0 Å². The number of nitrogens with zero attached hydrogens (tertiary/aromatic N) is 1. The van der Waals surface area contributed by atoms with E-state index >= 15 is 0 Å². The summed E-state index contributed by atoms with van der Waals surface area (Å²) in [5.74, 6) is 0.699. The highest BCUT2D eigenvalue weighted by Gasteiger charge is 2.01. The monoisotopic (exact) mass is 226 g/mol. The van der Waals surface area contributed by atoms with E-state index in [0.29, 0.717) is 21.8 Å². The van der Waals surface area contributed by atoms with Crippen LogP contribution in [0, 0.1) is 0 Å². The molecular weight excluding hydrogens is 220 g/mol. The molecule has 3 nitrogen and oxygen atoms in total. The van der Waals surface area contributed by atoms with Crippen molar-refractivity contribution in [1.82, 2.24) is 4.98 Å². The van der Waals surface area contributed by atoms with Crippen LogP contribution in [0.4, 0.5) is 5.69 Å². The molecule has 0 saturated heterocycles. The summed E-state index contributed by atoms with van der Waals surface area (Å²) in [6.07, 6.45) is 0. The summed E-state index contributed by atoms with van der Waals surface area (Å²) in [6.45, 7) is 0. The van der Waals surface area contributed by atoms with Crippen molar-refractivity contribution in [1.29, 1.82) is 0 Å². The lowest BCUT2D eigenvalue weighted by molar-refractivity contribution is 0.479. The molecule has 0 radical (unpaired) electrons. The normalized spacial score (nSPS) is 10.1. The van der Waals surface area contributed by atoms with E-state index in [9.17, 15) is 0 Å². The zero-order valence-corrected chi connectivity index (χ0v) is 8.68. The fourth-order valence-corrected chi connectivity index (χ4v) is 1.73. The lowest BCUT2D eigenvalue weighted by Crippen LogP contribution is -1.85. The Bertz CT molecular complexity index is 427. The van der Waals surface area contributed by atoms with Crippen LogP contribution in [0.5, 0.6) is 10.9 Å².